The summed E-state index contributed by atoms with van der Waals surface area (Å²) < 4.78 is 5.06. The second-order valence-corrected chi connectivity index (χ2v) is 6.09. The number of ether oxygens (including phenoxy) is 1. The Morgan fingerprint density at radius 2 is 1.93 bits per heavy atom. The van der Waals surface area contributed by atoms with Crippen LogP contribution in [0.5, 0.6) is 0 Å². The van der Waals surface area contributed by atoms with Crippen LogP contribution in [0.2, 0.25) is 0 Å². The topological polar surface area (TPSA) is 112 Å². The molecule has 0 fully saturated rings. The lowest BCUT2D eigenvalue weighted by atomic mass is 9.98. The molecule has 0 bridgehead atoms. The third-order valence-electron chi connectivity index (χ3n) is 4.25. The Bertz CT molecular complexity index is 923. The molecule has 4 N–H and O–H groups in total. The Kier molecular flexibility index (Phi) is 5.85. The minimum absolute atomic E-state index is 0.108. The number of aliphatic hydroxyl groups is 2. The van der Waals surface area contributed by atoms with Crippen LogP contribution >= 0.6 is 0 Å². The first kappa shape index (κ1) is 18.6. The molecule has 0 aliphatic rings. The maximum Gasteiger partial charge on any atom is 0.407 e. The molecule has 7 nitrogen and oxygen atoms in total. The van der Waals surface area contributed by atoms with E-state index in [4.69, 9.17) is 4.74 Å². The van der Waals surface area contributed by atoms with E-state index < -0.39 is 18.3 Å². The number of carbonyl (C=O) groups excluding carboxylic acids is 2. The number of carbonyl (C=O) groups is 2. The van der Waals surface area contributed by atoms with Crippen molar-refractivity contribution in [3.63, 3.8) is 0 Å². The average molecular weight is 368 g/mol. The second-order valence-electron chi connectivity index (χ2n) is 6.09. The number of amides is 1. The number of alkyl carbamates (subject to hydrolysis) is 1. The molecule has 0 radical (unpaired) electrons. The van der Waals surface area contributed by atoms with E-state index in [0.29, 0.717) is 28.3 Å². The quantitative estimate of drug-likeness (QED) is 0.478. The molecule has 7 heteroatoms. The molecule has 1 heterocycles. The third kappa shape index (κ3) is 4.33. The molecule has 3 aromatic rings. The van der Waals surface area contributed by atoms with Crippen LogP contribution in [0.15, 0.2) is 54.7 Å². The van der Waals surface area contributed by atoms with Gasteiger partial charge < -0.3 is 25.3 Å². The van der Waals surface area contributed by atoms with Crippen molar-refractivity contribution in [1.82, 2.24) is 10.3 Å². The van der Waals surface area contributed by atoms with Gasteiger partial charge >= 0.3 is 6.09 Å². The molecule has 0 aliphatic carbocycles. The molecule has 0 spiro atoms. The molecule has 1 amide bonds. The van der Waals surface area contributed by atoms with Crippen LogP contribution in [0.25, 0.3) is 10.9 Å². The van der Waals surface area contributed by atoms with Gasteiger partial charge in [0.2, 0.25) is 0 Å². The zero-order chi connectivity index (χ0) is 19.2. The zero-order valence-electron chi connectivity index (χ0n) is 14.5. The summed E-state index contributed by atoms with van der Waals surface area (Å²) in [5.41, 5.74) is 2.31. The predicted molar refractivity (Wildman–Crippen MR) is 99.3 cm³/mol. The molecule has 2 aromatic carbocycles. The molecule has 0 aliphatic heterocycles. The fraction of sp³-hybridized carbons (Fsp3) is 0.200. The molecule has 3 rings (SSSR count). The van der Waals surface area contributed by atoms with Crippen molar-refractivity contribution in [2.24, 2.45) is 0 Å². The minimum atomic E-state index is -1.28. The fourth-order valence-electron chi connectivity index (χ4n) is 2.86. The number of aldehydes is 1. The van der Waals surface area contributed by atoms with E-state index in [1.54, 1.807) is 24.4 Å². The molecule has 2 atom stereocenters. The van der Waals surface area contributed by atoms with Crippen molar-refractivity contribution < 1.29 is 24.5 Å². The largest absolute Gasteiger partial charge is 0.445 e. The zero-order valence-corrected chi connectivity index (χ0v) is 14.5. The summed E-state index contributed by atoms with van der Waals surface area (Å²) in [6.45, 7) is -0.0945. The van der Waals surface area contributed by atoms with Crippen LogP contribution in [0, 0.1) is 0 Å². The van der Waals surface area contributed by atoms with E-state index in [1.807, 2.05) is 30.3 Å². The van der Waals surface area contributed by atoms with Gasteiger partial charge in [-0.05, 0) is 17.2 Å². The van der Waals surface area contributed by atoms with Crippen LogP contribution in [-0.4, -0.2) is 40.2 Å². The number of benzene rings is 2. The van der Waals surface area contributed by atoms with E-state index in [-0.39, 0.29) is 13.2 Å². The highest BCUT2D eigenvalue weighted by atomic mass is 16.5. The Balaban J connectivity index is 1.59. The number of H-pyrrole nitrogens is 1. The van der Waals surface area contributed by atoms with Gasteiger partial charge in [0, 0.05) is 29.2 Å². The van der Waals surface area contributed by atoms with Gasteiger partial charge in [-0.2, -0.15) is 0 Å². The highest BCUT2D eigenvalue weighted by Gasteiger charge is 2.23. The van der Waals surface area contributed by atoms with E-state index in [1.165, 1.54) is 0 Å². The molecule has 140 valence electrons. The summed E-state index contributed by atoms with van der Waals surface area (Å²) in [7, 11) is 0. The minimum Gasteiger partial charge on any atom is -0.445 e. The van der Waals surface area contributed by atoms with Crippen molar-refractivity contribution in [3.05, 3.63) is 71.4 Å². The maximum absolute atomic E-state index is 11.8. The van der Waals surface area contributed by atoms with Gasteiger partial charge in [0.05, 0.1) is 0 Å². The van der Waals surface area contributed by atoms with Crippen molar-refractivity contribution in [2.45, 2.75) is 18.8 Å². The Labute approximate surface area is 155 Å². The van der Waals surface area contributed by atoms with E-state index in [0.717, 1.165) is 5.56 Å². The predicted octanol–water partition coefficient (Wildman–Crippen LogP) is 2.30. The van der Waals surface area contributed by atoms with Gasteiger partial charge in [0.1, 0.15) is 18.8 Å². The first-order chi connectivity index (χ1) is 13.1. The van der Waals surface area contributed by atoms with Crippen molar-refractivity contribution in [1.29, 1.82) is 0 Å². The Morgan fingerprint density at radius 3 is 2.67 bits per heavy atom. The highest BCUT2D eigenvalue weighted by molar-refractivity contribution is 5.99. The Morgan fingerprint density at radius 1 is 1.15 bits per heavy atom. The number of hydrogen-bond donors (Lipinski definition) is 4. The summed E-state index contributed by atoms with van der Waals surface area (Å²) in [5, 5.41) is 23.7. The van der Waals surface area contributed by atoms with Crippen LogP contribution < -0.4 is 5.32 Å². The first-order valence-corrected chi connectivity index (χ1v) is 8.46. The van der Waals surface area contributed by atoms with E-state index in [2.05, 4.69) is 10.3 Å². The number of hydrogen-bond acceptors (Lipinski definition) is 5. The van der Waals surface area contributed by atoms with Crippen LogP contribution in [0.3, 0.4) is 0 Å². The number of rotatable bonds is 7. The summed E-state index contributed by atoms with van der Waals surface area (Å²) in [4.78, 5) is 25.9. The van der Waals surface area contributed by atoms with Crippen molar-refractivity contribution in [2.75, 3.05) is 6.54 Å². The van der Waals surface area contributed by atoms with Gasteiger partial charge in [0.25, 0.3) is 0 Å². The molecule has 0 saturated carbocycles. The molecule has 2 unspecified atom stereocenters. The van der Waals surface area contributed by atoms with Gasteiger partial charge in [-0.15, -0.1) is 0 Å². The van der Waals surface area contributed by atoms with Gasteiger partial charge in [0.15, 0.2) is 6.29 Å². The van der Waals surface area contributed by atoms with Crippen molar-refractivity contribution in [3.8, 4) is 0 Å². The van der Waals surface area contributed by atoms with Crippen LogP contribution in [-0.2, 0) is 11.3 Å². The third-order valence-corrected chi connectivity index (χ3v) is 4.25. The normalized spacial score (nSPS) is 13.1. The number of fused-ring (bicyclic) bond motifs is 1. The first-order valence-electron chi connectivity index (χ1n) is 8.46. The number of aromatic amines is 1. The lowest BCUT2D eigenvalue weighted by Gasteiger charge is -2.19. The second kappa shape index (κ2) is 8.48. The van der Waals surface area contributed by atoms with E-state index in [9.17, 15) is 19.8 Å². The lowest BCUT2D eigenvalue weighted by Crippen LogP contribution is -2.35. The monoisotopic (exact) mass is 368 g/mol. The van der Waals surface area contributed by atoms with Crippen LogP contribution in [0.4, 0.5) is 4.79 Å². The Hall–Kier alpha value is -3.16. The van der Waals surface area contributed by atoms with Crippen LogP contribution in [0.1, 0.15) is 27.6 Å². The van der Waals surface area contributed by atoms with Gasteiger partial charge in [-0.25, -0.2) is 4.79 Å². The lowest BCUT2D eigenvalue weighted by molar-refractivity contribution is 0.0192. The highest BCUT2D eigenvalue weighted by Crippen LogP contribution is 2.28. The smallest absolute Gasteiger partial charge is 0.407 e. The average Bonchev–Trinajstić information content (AvgIpc) is 3.14. The van der Waals surface area contributed by atoms with Gasteiger partial charge in [-0.3, -0.25) is 4.79 Å². The molecular weight excluding hydrogens is 348 g/mol. The van der Waals surface area contributed by atoms with E-state index >= 15 is 0 Å². The summed E-state index contributed by atoms with van der Waals surface area (Å²) in [6, 6.07) is 14.3. The van der Waals surface area contributed by atoms with Gasteiger partial charge in [-0.1, -0.05) is 42.5 Å². The summed E-state index contributed by atoms with van der Waals surface area (Å²) in [6.07, 6.45) is -1.02. The molecule has 0 saturated heterocycles. The van der Waals surface area contributed by atoms with Crippen molar-refractivity contribution >= 4 is 23.3 Å². The molecule has 27 heavy (non-hydrogen) atoms. The maximum atomic E-state index is 11.8. The summed E-state index contributed by atoms with van der Waals surface area (Å²) in [5.74, 6) is 0. The number of aliphatic hydroxyl groups excluding tert-OH is 2. The molecular formula is C20H20N2O5. The SMILES string of the molecule is O=Cc1c[nH]c2cccc(C(O)C(O)CNC(=O)OCc3ccccc3)c12. The fourth-order valence-corrected chi connectivity index (χ4v) is 2.86. The molecule has 1 aromatic heterocycles. The summed E-state index contributed by atoms with van der Waals surface area (Å²) >= 11 is 0. The number of nitrogens with one attached hydrogen (secondary N) is 2. The number of aromatic nitrogens is 1. The standard InChI is InChI=1S/C20H20N2O5/c23-11-14-9-21-16-8-4-7-15(18(14)16)19(25)17(24)10-22-20(26)27-12-13-5-2-1-3-6-13/h1-9,11,17,19,21,24-25H,10,12H2,(H,22,26).